The number of rotatable bonds is 4. The van der Waals surface area contributed by atoms with Crippen LogP contribution in [0.4, 0.5) is 0 Å². The van der Waals surface area contributed by atoms with Gasteiger partial charge in [0.15, 0.2) is 15.7 Å². The number of sulfone groups is 1. The normalized spacial score (nSPS) is 11.8. The molecule has 6 heteroatoms. The van der Waals surface area contributed by atoms with Crippen LogP contribution in [0, 0.1) is 6.92 Å². The zero-order valence-corrected chi connectivity index (χ0v) is 13.6. The molecule has 0 fully saturated rings. The van der Waals surface area contributed by atoms with Gasteiger partial charge in [0.05, 0.1) is 10.1 Å². The van der Waals surface area contributed by atoms with E-state index in [0.29, 0.717) is 5.56 Å². The van der Waals surface area contributed by atoms with Crippen LogP contribution in [0.25, 0.3) is 0 Å². The Bertz CT molecular complexity index is 820. The quantitative estimate of drug-likeness (QED) is 0.491. The van der Waals surface area contributed by atoms with E-state index in [0.717, 1.165) is 5.56 Å². The number of hydrogen-bond donors (Lipinski definition) is 0. The van der Waals surface area contributed by atoms with Gasteiger partial charge in [0.25, 0.3) is 0 Å². The van der Waals surface area contributed by atoms with Crippen molar-refractivity contribution in [2.45, 2.75) is 11.8 Å². The summed E-state index contributed by atoms with van der Waals surface area (Å²) < 4.78 is 24.6. The molecule has 22 heavy (non-hydrogen) atoms. The zero-order valence-electron chi connectivity index (χ0n) is 11.9. The number of aliphatic imine (C=N–C) groups is 2. The first-order valence-electron chi connectivity index (χ1n) is 6.50. The van der Waals surface area contributed by atoms with Crippen molar-refractivity contribution < 1.29 is 8.42 Å². The van der Waals surface area contributed by atoms with Gasteiger partial charge in [0, 0.05) is 5.56 Å². The summed E-state index contributed by atoms with van der Waals surface area (Å²) in [5.41, 5.74) is 1.69. The standard InChI is InChI=1S/C16H14N2O2S2/c1-13-7-9-15(10-8-13)22(19,20)12-18-16(17-11-21)14-5-3-2-4-6-14/h2-10H,12H2,1H3/b18-16+. The van der Waals surface area contributed by atoms with Crippen LogP contribution in [0.1, 0.15) is 11.1 Å². The predicted molar refractivity (Wildman–Crippen MR) is 91.2 cm³/mol. The fourth-order valence-corrected chi connectivity index (χ4v) is 2.87. The lowest BCUT2D eigenvalue weighted by Gasteiger charge is -2.03. The first kappa shape index (κ1) is 16.2. The third kappa shape index (κ3) is 4.18. The molecule has 0 saturated carbocycles. The highest BCUT2D eigenvalue weighted by Crippen LogP contribution is 2.13. The topological polar surface area (TPSA) is 58.9 Å². The molecule has 0 radical (unpaired) electrons. The van der Waals surface area contributed by atoms with Gasteiger partial charge in [0.1, 0.15) is 5.88 Å². The molecule has 0 aliphatic heterocycles. The lowest BCUT2D eigenvalue weighted by Crippen LogP contribution is -2.08. The molecule has 0 spiro atoms. The largest absolute Gasteiger partial charge is 0.249 e. The Kier molecular flexibility index (Phi) is 5.33. The molecule has 0 atom stereocenters. The molecule has 0 heterocycles. The molecule has 4 nitrogen and oxygen atoms in total. The number of thiocarbonyl (C=S) groups is 1. The van der Waals surface area contributed by atoms with Gasteiger partial charge in [-0.1, -0.05) is 48.0 Å². The van der Waals surface area contributed by atoms with Crippen LogP contribution in [-0.2, 0) is 9.84 Å². The number of isothiocyanates is 1. The minimum absolute atomic E-state index is 0.237. The number of aryl methyl sites for hydroxylation is 1. The Balaban J connectivity index is 2.31. The van der Waals surface area contributed by atoms with E-state index in [1.165, 1.54) is 0 Å². The van der Waals surface area contributed by atoms with Crippen molar-refractivity contribution >= 4 is 33.1 Å². The van der Waals surface area contributed by atoms with Gasteiger partial charge >= 0.3 is 0 Å². The second-order valence-corrected chi connectivity index (χ2v) is 6.75. The lowest BCUT2D eigenvalue weighted by atomic mass is 10.2. The average Bonchev–Trinajstić information content (AvgIpc) is 2.53. The lowest BCUT2D eigenvalue weighted by molar-refractivity contribution is 0.596. The van der Waals surface area contributed by atoms with E-state index in [4.69, 9.17) is 0 Å². The summed E-state index contributed by atoms with van der Waals surface area (Å²) in [6.45, 7) is 1.90. The van der Waals surface area contributed by atoms with Crippen molar-refractivity contribution in [2.75, 3.05) is 5.88 Å². The van der Waals surface area contributed by atoms with E-state index in [1.807, 2.05) is 25.1 Å². The maximum Gasteiger partial charge on any atom is 0.198 e. The fourth-order valence-electron chi connectivity index (χ4n) is 1.79. The van der Waals surface area contributed by atoms with E-state index in [9.17, 15) is 8.42 Å². The molecule has 0 aliphatic carbocycles. The van der Waals surface area contributed by atoms with Crippen molar-refractivity contribution in [1.29, 1.82) is 0 Å². The third-order valence-electron chi connectivity index (χ3n) is 2.95. The van der Waals surface area contributed by atoms with Gasteiger partial charge in [-0.25, -0.2) is 13.4 Å². The van der Waals surface area contributed by atoms with Gasteiger partial charge in [-0.05, 0) is 31.3 Å². The van der Waals surface area contributed by atoms with Crippen molar-refractivity contribution in [3.05, 3.63) is 65.7 Å². The molecular weight excluding hydrogens is 316 g/mol. The molecule has 112 valence electrons. The summed E-state index contributed by atoms with van der Waals surface area (Å²) in [4.78, 5) is 8.18. The number of benzene rings is 2. The van der Waals surface area contributed by atoms with Gasteiger partial charge in [-0.15, -0.1) is 0 Å². The highest BCUT2D eigenvalue weighted by Gasteiger charge is 2.14. The van der Waals surface area contributed by atoms with Crippen molar-refractivity contribution in [3.63, 3.8) is 0 Å². The molecule has 0 N–H and O–H groups in total. The monoisotopic (exact) mass is 330 g/mol. The molecule has 0 bridgehead atoms. The van der Waals surface area contributed by atoms with Gasteiger partial charge < -0.3 is 0 Å². The summed E-state index contributed by atoms with van der Waals surface area (Å²) in [5, 5.41) is 2.23. The molecule has 0 amide bonds. The summed E-state index contributed by atoms with van der Waals surface area (Å²) in [5.74, 6) is -0.132. The van der Waals surface area contributed by atoms with Gasteiger partial charge in [-0.3, -0.25) is 0 Å². The zero-order chi connectivity index (χ0) is 16.0. The number of amidine groups is 1. The second-order valence-electron chi connectivity index (χ2n) is 4.61. The highest BCUT2D eigenvalue weighted by molar-refractivity contribution is 7.91. The third-order valence-corrected chi connectivity index (χ3v) is 4.50. The predicted octanol–water partition coefficient (Wildman–Crippen LogP) is 3.28. The van der Waals surface area contributed by atoms with Crippen LogP contribution in [0.2, 0.25) is 0 Å². The Morgan fingerprint density at radius 1 is 1.09 bits per heavy atom. The van der Waals surface area contributed by atoms with Crippen molar-refractivity contribution in [1.82, 2.24) is 0 Å². The Morgan fingerprint density at radius 2 is 1.73 bits per heavy atom. The summed E-state index contributed by atoms with van der Waals surface area (Å²) >= 11 is 4.60. The van der Waals surface area contributed by atoms with E-state index >= 15 is 0 Å². The molecule has 0 unspecified atom stereocenters. The van der Waals surface area contributed by atoms with Crippen LogP contribution in [0.5, 0.6) is 0 Å². The molecule has 2 aromatic carbocycles. The summed E-state index contributed by atoms with van der Waals surface area (Å²) in [6.07, 6.45) is 0. The Labute approximate surface area is 135 Å². The minimum Gasteiger partial charge on any atom is -0.249 e. The highest BCUT2D eigenvalue weighted by atomic mass is 32.2. The smallest absolute Gasteiger partial charge is 0.198 e. The molecule has 2 aromatic rings. The maximum atomic E-state index is 12.3. The van der Waals surface area contributed by atoms with E-state index in [1.54, 1.807) is 36.4 Å². The molecule has 0 aliphatic rings. The van der Waals surface area contributed by atoms with Crippen LogP contribution in [0.15, 0.2) is 69.5 Å². The minimum atomic E-state index is -3.51. The second kappa shape index (κ2) is 7.22. The first-order valence-corrected chi connectivity index (χ1v) is 8.56. The number of hydrogen-bond acceptors (Lipinski definition) is 4. The van der Waals surface area contributed by atoms with Crippen molar-refractivity contribution in [2.24, 2.45) is 9.98 Å². The first-order chi connectivity index (χ1) is 10.5. The SMILES string of the molecule is Cc1ccc(S(=O)(=O)C/N=C(/N=C=S)c2ccccc2)cc1. The average molecular weight is 330 g/mol. The summed E-state index contributed by atoms with van der Waals surface area (Å²) in [7, 11) is -3.51. The van der Waals surface area contributed by atoms with Crippen molar-refractivity contribution in [3.8, 4) is 0 Å². The van der Waals surface area contributed by atoms with Crippen LogP contribution >= 0.6 is 12.2 Å². The molecule has 2 rings (SSSR count). The molecule has 0 aromatic heterocycles. The fraction of sp³-hybridized carbons (Fsp3) is 0.125. The maximum absolute atomic E-state index is 12.3. The van der Waals surface area contributed by atoms with Crippen LogP contribution in [0.3, 0.4) is 0 Å². The van der Waals surface area contributed by atoms with E-state index < -0.39 is 9.84 Å². The summed E-state index contributed by atoms with van der Waals surface area (Å²) in [6, 6.07) is 15.7. The van der Waals surface area contributed by atoms with Gasteiger partial charge in [-0.2, -0.15) is 4.99 Å². The van der Waals surface area contributed by atoms with Crippen LogP contribution < -0.4 is 0 Å². The molecule has 0 saturated heterocycles. The van der Waals surface area contributed by atoms with Gasteiger partial charge in [0.2, 0.25) is 0 Å². The van der Waals surface area contributed by atoms with E-state index in [-0.39, 0.29) is 16.6 Å². The van der Waals surface area contributed by atoms with E-state index in [2.05, 4.69) is 27.4 Å². The Morgan fingerprint density at radius 3 is 2.32 bits per heavy atom. The Hall–Kier alpha value is -2.14. The number of nitrogens with zero attached hydrogens (tertiary/aromatic N) is 2. The molecular formula is C16H14N2O2S2. The van der Waals surface area contributed by atoms with Crippen LogP contribution in [-0.4, -0.2) is 25.3 Å².